The molecular weight excluding hydrogens is 386 g/mol. The van der Waals surface area contributed by atoms with E-state index in [0.29, 0.717) is 11.8 Å². The molecule has 6 heteroatoms. The van der Waals surface area contributed by atoms with Crippen LogP contribution >= 0.6 is 0 Å². The van der Waals surface area contributed by atoms with Crippen molar-refractivity contribution in [3.8, 4) is 11.3 Å². The Balaban J connectivity index is 1.55. The van der Waals surface area contributed by atoms with Gasteiger partial charge < -0.3 is 15.0 Å². The fourth-order valence-electron chi connectivity index (χ4n) is 5.18. The number of fused-ring (bicyclic) bond motifs is 2. The van der Waals surface area contributed by atoms with Gasteiger partial charge in [0.15, 0.2) is 5.65 Å². The van der Waals surface area contributed by atoms with Crippen LogP contribution in [0.25, 0.3) is 27.8 Å². The van der Waals surface area contributed by atoms with Crippen LogP contribution in [0.2, 0.25) is 0 Å². The number of aromatic amines is 1. The smallest absolute Gasteiger partial charge is 0.163 e. The van der Waals surface area contributed by atoms with Gasteiger partial charge in [-0.2, -0.15) is 0 Å². The Hall–Kier alpha value is -2.70. The molecule has 0 unspecified atom stereocenters. The summed E-state index contributed by atoms with van der Waals surface area (Å²) in [6.45, 7) is 9.81. The van der Waals surface area contributed by atoms with Crippen LogP contribution in [0, 0.1) is 6.92 Å². The summed E-state index contributed by atoms with van der Waals surface area (Å²) in [5.41, 5.74) is 8.40. The van der Waals surface area contributed by atoms with Crippen LogP contribution in [-0.4, -0.2) is 55.8 Å². The number of β-amino-alcohol motifs (C(OH)–C–C–N with tert-alkyl or cyclic N) is 1. The van der Waals surface area contributed by atoms with Gasteiger partial charge in [-0.1, -0.05) is 19.9 Å². The molecule has 5 rings (SSSR count). The summed E-state index contributed by atoms with van der Waals surface area (Å²) in [7, 11) is 0. The molecule has 0 atom stereocenters. The van der Waals surface area contributed by atoms with Gasteiger partial charge in [0.1, 0.15) is 6.33 Å². The lowest BCUT2D eigenvalue weighted by molar-refractivity contribution is 0.164. The SMILES string of the molecule is Cc1cc(-c2[nH]c3ccc(C4CCN(CCO)CC4)cc3c2C(C)C)cn2cnnc12. The first-order chi connectivity index (χ1) is 15.0. The van der Waals surface area contributed by atoms with Gasteiger partial charge in [0.2, 0.25) is 0 Å². The summed E-state index contributed by atoms with van der Waals surface area (Å²) in [5.74, 6) is 0.996. The van der Waals surface area contributed by atoms with Crippen molar-refractivity contribution < 1.29 is 5.11 Å². The van der Waals surface area contributed by atoms with Crippen LogP contribution in [-0.2, 0) is 0 Å². The largest absolute Gasteiger partial charge is 0.395 e. The van der Waals surface area contributed by atoms with Gasteiger partial charge in [-0.3, -0.25) is 4.40 Å². The molecule has 31 heavy (non-hydrogen) atoms. The summed E-state index contributed by atoms with van der Waals surface area (Å²) < 4.78 is 2.01. The number of rotatable bonds is 5. The number of aryl methyl sites for hydroxylation is 1. The highest BCUT2D eigenvalue weighted by Crippen LogP contribution is 2.38. The molecule has 1 saturated heterocycles. The van der Waals surface area contributed by atoms with E-state index in [9.17, 15) is 5.11 Å². The van der Waals surface area contributed by atoms with Gasteiger partial charge in [0.05, 0.1) is 12.3 Å². The molecule has 0 spiro atoms. The van der Waals surface area contributed by atoms with Crippen LogP contribution in [0.1, 0.15) is 55.2 Å². The number of piperidine rings is 1. The van der Waals surface area contributed by atoms with E-state index in [-0.39, 0.29) is 6.61 Å². The molecule has 2 N–H and O–H groups in total. The first-order valence-corrected chi connectivity index (χ1v) is 11.3. The Bertz CT molecular complexity index is 1210. The molecule has 1 aromatic carbocycles. The number of likely N-dealkylation sites (tertiary alicyclic amines) is 1. The Morgan fingerprint density at radius 3 is 2.74 bits per heavy atom. The van der Waals surface area contributed by atoms with Crippen molar-refractivity contribution in [3.63, 3.8) is 0 Å². The summed E-state index contributed by atoms with van der Waals surface area (Å²) in [5, 5.41) is 18.8. The third kappa shape index (κ3) is 3.64. The highest BCUT2D eigenvalue weighted by molar-refractivity contribution is 5.92. The van der Waals surface area contributed by atoms with Crippen LogP contribution in [0.4, 0.5) is 0 Å². The van der Waals surface area contributed by atoms with E-state index >= 15 is 0 Å². The van der Waals surface area contributed by atoms with E-state index in [4.69, 9.17) is 0 Å². The molecule has 0 aliphatic carbocycles. The van der Waals surface area contributed by atoms with Crippen LogP contribution < -0.4 is 0 Å². The molecule has 1 fully saturated rings. The average Bonchev–Trinajstić information content (AvgIpc) is 3.39. The summed E-state index contributed by atoms with van der Waals surface area (Å²) in [6.07, 6.45) is 6.20. The lowest BCUT2D eigenvalue weighted by Crippen LogP contribution is -2.34. The summed E-state index contributed by atoms with van der Waals surface area (Å²) >= 11 is 0. The number of benzene rings is 1. The van der Waals surface area contributed by atoms with Crippen molar-refractivity contribution >= 4 is 16.6 Å². The number of hydrogen-bond acceptors (Lipinski definition) is 4. The molecule has 1 aliphatic rings. The van der Waals surface area contributed by atoms with Crippen molar-refractivity contribution in [1.82, 2.24) is 24.5 Å². The monoisotopic (exact) mass is 417 g/mol. The summed E-state index contributed by atoms with van der Waals surface area (Å²) in [6, 6.07) is 9.18. The molecular formula is C25H31N5O. The van der Waals surface area contributed by atoms with Crippen molar-refractivity contribution in [2.24, 2.45) is 0 Å². The number of nitrogens with zero attached hydrogens (tertiary/aromatic N) is 4. The van der Waals surface area contributed by atoms with Crippen molar-refractivity contribution in [1.29, 1.82) is 0 Å². The fourth-order valence-corrected chi connectivity index (χ4v) is 5.18. The normalized spacial score (nSPS) is 16.2. The predicted molar refractivity (Wildman–Crippen MR) is 125 cm³/mol. The quantitative estimate of drug-likeness (QED) is 0.502. The third-order valence-corrected chi connectivity index (χ3v) is 6.78. The number of H-pyrrole nitrogens is 1. The van der Waals surface area contributed by atoms with Gasteiger partial charge in [-0.25, -0.2) is 0 Å². The standard InChI is InChI=1S/C25H31N5O/c1-16(2)23-21-13-19(18-6-8-29(9-7-18)10-11-31)4-5-22(21)27-24(23)20-12-17(3)25-28-26-15-30(25)14-20/h4-5,12-16,18,27,31H,6-11H2,1-3H3. The molecule has 4 heterocycles. The molecule has 6 nitrogen and oxygen atoms in total. The molecule has 0 bridgehead atoms. The van der Waals surface area contributed by atoms with E-state index in [1.54, 1.807) is 6.33 Å². The Morgan fingerprint density at radius 2 is 2.00 bits per heavy atom. The molecule has 0 saturated carbocycles. The fraction of sp³-hybridized carbons (Fsp3) is 0.440. The van der Waals surface area contributed by atoms with E-state index in [0.717, 1.165) is 43.7 Å². The molecule has 0 amide bonds. The van der Waals surface area contributed by atoms with E-state index in [1.165, 1.54) is 33.3 Å². The van der Waals surface area contributed by atoms with Gasteiger partial charge in [-0.05, 0) is 79.6 Å². The third-order valence-electron chi connectivity index (χ3n) is 6.78. The Labute approximate surface area is 182 Å². The second kappa shape index (κ2) is 8.09. The highest BCUT2D eigenvalue weighted by atomic mass is 16.3. The van der Waals surface area contributed by atoms with Crippen LogP contribution in [0.15, 0.2) is 36.8 Å². The second-order valence-corrected chi connectivity index (χ2v) is 9.19. The van der Waals surface area contributed by atoms with E-state index < -0.39 is 0 Å². The van der Waals surface area contributed by atoms with Gasteiger partial charge >= 0.3 is 0 Å². The predicted octanol–water partition coefficient (Wildman–Crippen LogP) is 4.48. The maximum Gasteiger partial charge on any atom is 0.163 e. The zero-order valence-electron chi connectivity index (χ0n) is 18.6. The topological polar surface area (TPSA) is 69.5 Å². The number of aliphatic hydroxyl groups is 1. The van der Waals surface area contributed by atoms with Crippen molar-refractivity contribution in [2.75, 3.05) is 26.2 Å². The van der Waals surface area contributed by atoms with Crippen molar-refractivity contribution in [2.45, 2.75) is 45.4 Å². The first kappa shape index (κ1) is 20.2. The molecule has 0 radical (unpaired) electrons. The minimum absolute atomic E-state index is 0.251. The minimum atomic E-state index is 0.251. The average molecular weight is 418 g/mol. The zero-order valence-corrected chi connectivity index (χ0v) is 18.6. The summed E-state index contributed by atoms with van der Waals surface area (Å²) in [4.78, 5) is 6.08. The minimum Gasteiger partial charge on any atom is -0.395 e. The van der Waals surface area contributed by atoms with Gasteiger partial charge in [0.25, 0.3) is 0 Å². The van der Waals surface area contributed by atoms with Gasteiger partial charge in [0, 0.05) is 29.2 Å². The van der Waals surface area contributed by atoms with E-state index in [2.05, 4.69) is 71.3 Å². The number of pyridine rings is 1. The zero-order chi connectivity index (χ0) is 21.5. The maximum atomic E-state index is 9.21. The lowest BCUT2D eigenvalue weighted by Gasteiger charge is -2.31. The highest BCUT2D eigenvalue weighted by Gasteiger charge is 2.23. The number of hydrogen-bond donors (Lipinski definition) is 2. The first-order valence-electron chi connectivity index (χ1n) is 11.3. The molecule has 3 aromatic heterocycles. The number of nitrogens with one attached hydrogen (secondary N) is 1. The molecule has 4 aromatic rings. The lowest BCUT2D eigenvalue weighted by atomic mass is 9.87. The Morgan fingerprint density at radius 1 is 1.19 bits per heavy atom. The maximum absolute atomic E-state index is 9.21. The molecule has 1 aliphatic heterocycles. The van der Waals surface area contributed by atoms with Crippen LogP contribution in [0.3, 0.4) is 0 Å². The number of aromatic nitrogens is 4. The second-order valence-electron chi connectivity index (χ2n) is 9.19. The Kier molecular flexibility index (Phi) is 5.28. The molecule has 162 valence electrons. The van der Waals surface area contributed by atoms with Crippen LogP contribution in [0.5, 0.6) is 0 Å². The van der Waals surface area contributed by atoms with E-state index in [1.807, 2.05) is 4.40 Å². The van der Waals surface area contributed by atoms with Crippen molar-refractivity contribution in [3.05, 3.63) is 53.5 Å². The number of aliphatic hydroxyl groups excluding tert-OH is 1. The van der Waals surface area contributed by atoms with Gasteiger partial charge in [-0.15, -0.1) is 10.2 Å².